The van der Waals surface area contributed by atoms with Crippen molar-refractivity contribution < 1.29 is 4.79 Å². The van der Waals surface area contributed by atoms with Crippen LogP contribution in [0.5, 0.6) is 0 Å². The van der Waals surface area contributed by atoms with Crippen LogP contribution in [-0.2, 0) is 6.42 Å². The van der Waals surface area contributed by atoms with Crippen molar-refractivity contribution in [3.63, 3.8) is 0 Å². The van der Waals surface area contributed by atoms with Gasteiger partial charge in [0.15, 0.2) is 0 Å². The van der Waals surface area contributed by atoms with Gasteiger partial charge in [0.2, 0.25) is 0 Å². The molecule has 1 aromatic carbocycles. The van der Waals surface area contributed by atoms with Crippen molar-refractivity contribution in [2.45, 2.75) is 32.6 Å². The predicted octanol–water partition coefficient (Wildman–Crippen LogP) is 3.82. The number of amides is 1. The second-order valence-electron chi connectivity index (χ2n) is 7.37. The largest absolute Gasteiger partial charge is 0.339 e. The number of aryl methyl sites for hydroxylation is 1. The summed E-state index contributed by atoms with van der Waals surface area (Å²) in [5, 5.41) is 2.42. The molecule has 0 bridgehead atoms. The van der Waals surface area contributed by atoms with E-state index in [1.54, 1.807) is 12.4 Å². The summed E-state index contributed by atoms with van der Waals surface area (Å²) in [7, 11) is 0. The molecular formula is C22H24N4O. The summed E-state index contributed by atoms with van der Waals surface area (Å²) >= 11 is 0. The van der Waals surface area contributed by atoms with Gasteiger partial charge < -0.3 is 4.90 Å². The lowest BCUT2D eigenvalue weighted by molar-refractivity contribution is 0.0759. The summed E-state index contributed by atoms with van der Waals surface area (Å²) in [4.78, 5) is 27.2. The number of carbonyl (C=O) groups excluding carboxylic acids is 1. The molecule has 0 spiro atoms. The van der Waals surface area contributed by atoms with Gasteiger partial charge in [-0.15, -0.1) is 0 Å². The highest BCUT2D eigenvalue weighted by atomic mass is 16.2. The van der Waals surface area contributed by atoms with Crippen LogP contribution < -0.4 is 0 Å². The number of hydrogen-bond donors (Lipinski definition) is 0. The Kier molecular flexibility index (Phi) is 5.10. The number of benzene rings is 1. The summed E-state index contributed by atoms with van der Waals surface area (Å²) in [6, 6.07) is 8.70. The third kappa shape index (κ3) is 4.13. The average molecular weight is 360 g/mol. The highest BCUT2D eigenvalue weighted by Gasteiger charge is 2.22. The van der Waals surface area contributed by atoms with Crippen LogP contribution in [0.15, 0.2) is 49.1 Å². The number of likely N-dealkylation sites (tertiary alicyclic amines) is 1. The van der Waals surface area contributed by atoms with Crippen LogP contribution in [0.25, 0.3) is 10.8 Å². The fourth-order valence-electron chi connectivity index (χ4n) is 3.85. The Labute approximate surface area is 159 Å². The topological polar surface area (TPSA) is 59.0 Å². The SMILES string of the molecule is Cc1ncc(C(=O)N2CCC[C@H](Cc3ccc4cnccc4c3)CC2)cn1. The van der Waals surface area contributed by atoms with Gasteiger partial charge in [-0.1, -0.05) is 18.2 Å². The molecule has 1 aliphatic heterocycles. The van der Waals surface area contributed by atoms with Crippen molar-refractivity contribution >= 4 is 16.7 Å². The van der Waals surface area contributed by atoms with Gasteiger partial charge in [0, 0.05) is 43.3 Å². The number of rotatable bonds is 3. The molecule has 0 N–H and O–H groups in total. The molecular weight excluding hydrogens is 336 g/mol. The summed E-state index contributed by atoms with van der Waals surface area (Å²) in [5.74, 6) is 1.35. The van der Waals surface area contributed by atoms with Gasteiger partial charge in [-0.25, -0.2) is 9.97 Å². The summed E-state index contributed by atoms with van der Waals surface area (Å²) < 4.78 is 0. The Morgan fingerprint density at radius 2 is 1.93 bits per heavy atom. The van der Waals surface area contributed by atoms with Crippen molar-refractivity contribution in [2.24, 2.45) is 5.92 Å². The van der Waals surface area contributed by atoms with Gasteiger partial charge in [-0.2, -0.15) is 0 Å². The van der Waals surface area contributed by atoms with Crippen molar-refractivity contribution in [2.75, 3.05) is 13.1 Å². The molecule has 0 saturated carbocycles. The van der Waals surface area contributed by atoms with Crippen LogP contribution in [0.2, 0.25) is 0 Å². The second-order valence-corrected chi connectivity index (χ2v) is 7.37. The van der Waals surface area contributed by atoms with Crippen molar-refractivity contribution in [1.29, 1.82) is 0 Å². The van der Waals surface area contributed by atoms with Crippen LogP contribution in [0.3, 0.4) is 0 Å². The lowest BCUT2D eigenvalue weighted by Crippen LogP contribution is -2.32. The molecule has 3 heterocycles. The summed E-state index contributed by atoms with van der Waals surface area (Å²) in [6.45, 7) is 3.44. The molecule has 1 fully saturated rings. The van der Waals surface area contributed by atoms with Crippen LogP contribution in [-0.4, -0.2) is 38.8 Å². The van der Waals surface area contributed by atoms with E-state index in [9.17, 15) is 4.79 Å². The van der Waals surface area contributed by atoms with Gasteiger partial charge in [0.1, 0.15) is 5.82 Å². The summed E-state index contributed by atoms with van der Waals surface area (Å²) in [5.41, 5.74) is 1.95. The zero-order valence-electron chi connectivity index (χ0n) is 15.6. The quantitative estimate of drug-likeness (QED) is 0.712. The predicted molar refractivity (Wildman–Crippen MR) is 105 cm³/mol. The minimum atomic E-state index is 0.0499. The Hall–Kier alpha value is -2.82. The molecule has 2 aromatic heterocycles. The number of pyridine rings is 1. The minimum absolute atomic E-state index is 0.0499. The maximum absolute atomic E-state index is 12.7. The number of aromatic nitrogens is 3. The Bertz CT molecular complexity index is 938. The van der Waals surface area contributed by atoms with Crippen molar-refractivity contribution in [3.8, 4) is 0 Å². The van der Waals surface area contributed by atoms with Crippen molar-refractivity contribution in [3.05, 3.63) is 66.0 Å². The standard InChI is InChI=1S/C22H24N4O/c1-16-24-14-21(15-25-16)22(27)26-9-2-3-17(7-10-26)11-18-4-5-20-13-23-8-6-19(20)12-18/h4-6,8,12-15,17H,2-3,7,9-11H2,1H3/t17-/m0/s1. The molecule has 4 rings (SSSR count). The van der Waals surface area contributed by atoms with Gasteiger partial charge in [0.25, 0.3) is 5.91 Å². The van der Waals surface area contributed by atoms with Crippen LogP contribution in [0.1, 0.15) is 41.0 Å². The first-order valence-electron chi connectivity index (χ1n) is 9.59. The first kappa shape index (κ1) is 17.6. The molecule has 138 valence electrons. The molecule has 5 nitrogen and oxygen atoms in total. The van der Waals surface area contributed by atoms with Crippen LogP contribution in [0.4, 0.5) is 0 Å². The first-order chi connectivity index (χ1) is 13.2. The van der Waals surface area contributed by atoms with Gasteiger partial charge in [-0.05, 0) is 55.5 Å². The zero-order chi connectivity index (χ0) is 18.6. The molecule has 3 aromatic rings. The third-order valence-corrected chi connectivity index (χ3v) is 5.39. The van der Waals surface area contributed by atoms with Gasteiger partial charge >= 0.3 is 0 Å². The fourth-order valence-corrected chi connectivity index (χ4v) is 3.85. The normalized spacial score (nSPS) is 17.7. The van der Waals surface area contributed by atoms with Crippen LogP contribution >= 0.6 is 0 Å². The van der Waals surface area contributed by atoms with E-state index in [0.29, 0.717) is 17.3 Å². The van der Waals surface area contributed by atoms with E-state index >= 15 is 0 Å². The zero-order valence-corrected chi connectivity index (χ0v) is 15.6. The first-order valence-corrected chi connectivity index (χ1v) is 9.59. The highest BCUT2D eigenvalue weighted by Crippen LogP contribution is 2.24. The van der Waals surface area contributed by atoms with E-state index in [1.807, 2.05) is 24.2 Å². The van der Waals surface area contributed by atoms with E-state index < -0.39 is 0 Å². The van der Waals surface area contributed by atoms with E-state index in [4.69, 9.17) is 0 Å². The molecule has 1 saturated heterocycles. The fraction of sp³-hybridized carbons (Fsp3) is 0.364. The monoisotopic (exact) mass is 360 g/mol. The smallest absolute Gasteiger partial charge is 0.256 e. The molecule has 0 radical (unpaired) electrons. The molecule has 1 amide bonds. The maximum Gasteiger partial charge on any atom is 0.256 e. The van der Waals surface area contributed by atoms with E-state index in [2.05, 4.69) is 39.2 Å². The number of hydrogen-bond acceptors (Lipinski definition) is 4. The Morgan fingerprint density at radius 3 is 2.78 bits per heavy atom. The van der Waals surface area contributed by atoms with Gasteiger partial charge in [0.05, 0.1) is 5.56 Å². The summed E-state index contributed by atoms with van der Waals surface area (Å²) in [6.07, 6.45) is 11.3. The number of carbonyl (C=O) groups is 1. The molecule has 0 aliphatic carbocycles. The number of fused-ring (bicyclic) bond motifs is 1. The second kappa shape index (κ2) is 7.82. The molecule has 0 unspecified atom stereocenters. The average Bonchev–Trinajstić information content (AvgIpc) is 2.93. The highest BCUT2D eigenvalue weighted by molar-refractivity contribution is 5.93. The maximum atomic E-state index is 12.7. The Balaban J connectivity index is 1.40. The van der Waals surface area contributed by atoms with Crippen molar-refractivity contribution in [1.82, 2.24) is 19.9 Å². The van der Waals surface area contributed by atoms with E-state index in [0.717, 1.165) is 38.8 Å². The van der Waals surface area contributed by atoms with Gasteiger partial charge in [-0.3, -0.25) is 9.78 Å². The lowest BCUT2D eigenvalue weighted by atomic mass is 9.92. The lowest BCUT2D eigenvalue weighted by Gasteiger charge is -2.20. The third-order valence-electron chi connectivity index (χ3n) is 5.39. The molecule has 1 atom stereocenters. The number of nitrogens with zero attached hydrogens (tertiary/aromatic N) is 4. The Morgan fingerprint density at radius 1 is 1.07 bits per heavy atom. The molecule has 27 heavy (non-hydrogen) atoms. The van der Waals surface area contributed by atoms with E-state index in [1.165, 1.54) is 16.3 Å². The molecule has 1 aliphatic rings. The van der Waals surface area contributed by atoms with Crippen LogP contribution in [0, 0.1) is 12.8 Å². The minimum Gasteiger partial charge on any atom is -0.339 e. The molecule has 5 heteroatoms. The van der Waals surface area contributed by atoms with E-state index in [-0.39, 0.29) is 5.91 Å².